The van der Waals surface area contributed by atoms with Gasteiger partial charge >= 0.3 is 0 Å². The molecule has 0 saturated carbocycles. The fourth-order valence-electron chi connectivity index (χ4n) is 2.34. The third-order valence-electron chi connectivity index (χ3n) is 3.27. The Kier molecular flexibility index (Phi) is 5.12. The summed E-state index contributed by atoms with van der Waals surface area (Å²) in [5.41, 5.74) is 10.0. The molecule has 2 aromatic carbocycles. The molecule has 0 bridgehead atoms. The smallest absolute Gasteiger partial charge is 0.228 e. The second kappa shape index (κ2) is 7.04. The van der Waals surface area contributed by atoms with Gasteiger partial charge in [0.1, 0.15) is 0 Å². The molecule has 22 heavy (non-hydrogen) atoms. The number of rotatable bonds is 4. The van der Waals surface area contributed by atoms with Crippen LogP contribution in [0.2, 0.25) is 0 Å². The van der Waals surface area contributed by atoms with Crippen molar-refractivity contribution in [3.8, 4) is 0 Å². The number of hydrogen-bond acceptors (Lipinski definition) is 2. The number of carbonyl (C=O) groups excluding carboxylic acids is 1. The van der Waals surface area contributed by atoms with Crippen molar-refractivity contribution in [3.63, 3.8) is 0 Å². The number of amides is 1. The van der Waals surface area contributed by atoms with E-state index in [1.807, 2.05) is 56.3 Å². The molecule has 2 rings (SSSR count). The number of anilines is 2. The zero-order valence-electron chi connectivity index (χ0n) is 12.6. The molecule has 1 amide bonds. The average Bonchev–Trinajstić information content (AvgIpc) is 2.43. The van der Waals surface area contributed by atoms with Crippen LogP contribution in [0.4, 0.5) is 11.4 Å². The molecule has 2 aromatic rings. The van der Waals surface area contributed by atoms with Crippen molar-refractivity contribution in [1.29, 1.82) is 0 Å². The number of thiocarbonyl (C=S) groups is 1. The standard InChI is InChI=1S/C17H19N3OS/c1-11-8-14(19-17(18)22)9-12(2)16(11)20-15(21)10-13-6-4-3-5-7-13/h3-9H,10H2,1-2H3,(H,20,21)(H3,18,19,22). The summed E-state index contributed by atoms with van der Waals surface area (Å²) in [6.07, 6.45) is 0.354. The lowest BCUT2D eigenvalue weighted by atomic mass is 10.1. The average molecular weight is 313 g/mol. The SMILES string of the molecule is Cc1cc(NC(N)=S)cc(C)c1NC(=O)Cc1ccccc1. The van der Waals surface area contributed by atoms with Crippen molar-refractivity contribution in [2.24, 2.45) is 5.73 Å². The minimum atomic E-state index is -0.0348. The second-order valence-corrected chi connectivity index (χ2v) is 5.62. The van der Waals surface area contributed by atoms with Crippen LogP contribution in [0.15, 0.2) is 42.5 Å². The summed E-state index contributed by atoms with van der Waals surface area (Å²) < 4.78 is 0. The van der Waals surface area contributed by atoms with Crippen molar-refractivity contribution < 1.29 is 4.79 Å². The van der Waals surface area contributed by atoms with Crippen LogP contribution >= 0.6 is 12.2 Å². The lowest BCUT2D eigenvalue weighted by Gasteiger charge is -2.14. The van der Waals surface area contributed by atoms with Gasteiger partial charge in [0, 0.05) is 11.4 Å². The van der Waals surface area contributed by atoms with Gasteiger partial charge in [-0.05, 0) is 54.9 Å². The quantitative estimate of drug-likeness (QED) is 0.759. The summed E-state index contributed by atoms with van der Waals surface area (Å²) in [6.45, 7) is 3.88. The van der Waals surface area contributed by atoms with Crippen molar-refractivity contribution >= 4 is 34.6 Å². The summed E-state index contributed by atoms with van der Waals surface area (Å²) in [6, 6.07) is 13.5. The van der Waals surface area contributed by atoms with Crippen LogP contribution in [0.1, 0.15) is 16.7 Å². The van der Waals surface area contributed by atoms with E-state index in [9.17, 15) is 4.79 Å². The first kappa shape index (κ1) is 16.0. The van der Waals surface area contributed by atoms with Gasteiger partial charge in [-0.2, -0.15) is 0 Å². The Morgan fingerprint density at radius 1 is 1.09 bits per heavy atom. The van der Waals surface area contributed by atoms with Crippen LogP contribution in [0.3, 0.4) is 0 Å². The van der Waals surface area contributed by atoms with Gasteiger partial charge in [-0.1, -0.05) is 30.3 Å². The molecule has 4 N–H and O–H groups in total. The van der Waals surface area contributed by atoms with Gasteiger partial charge in [0.25, 0.3) is 0 Å². The first-order valence-electron chi connectivity index (χ1n) is 6.97. The Labute approximate surface area is 135 Å². The predicted molar refractivity (Wildman–Crippen MR) is 95.1 cm³/mol. The van der Waals surface area contributed by atoms with Crippen molar-refractivity contribution in [1.82, 2.24) is 0 Å². The molecular formula is C17H19N3OS. The van der Waals surface area contributed by atoms with E-state index in [1.54, 1.807) is 0 Å². The number of benzene rings is 2. The highest BCUT2D eigenvalue weighted by Gasteiger charge is 2.10. The largest absolute Gasteiger partial charge is 0.376 e. The van der Waals surface area contributed by atoms with Gasteiger partial charge in [0.05, 0.1) is 6.42 Å². The van der Waals surface area contributed by atoms with Crippen LogP contribution in [0.5, 0.6) is 0 Å². The molecule has 0 spiro atoms. The topological polar surface area (TPSA) is 67.2 Å². The molecular weight excluding hydrogens is 294 g/mol. The van der Waals surface area contributed by atoms with E-state index < -0.39 is 0 Å². The third kappa shape index (κ3) is 4.30. The Balaban J connectivity index is 2.12. The molecule has 5 heteroatoms. The van der Waals surface area contributed by atoms with Crippen LogP contribution in [0, 0.1) is 13.8 Å². The third-order valence-corrected chi connectivity index (χ3v) is 3.37. The number of carbonyl (C=O) groups is 1. The Bertz CT molecular complexity index is 675. The summed E-state index contributed by atoms with van der Waals surface area (Å²) >= 11 is 4.84. The summed E-state index contributed by atoms with van der Waals surface area (Å²) in [7, 11) is 0. The van der Waals surface area contributed by atoms with E-state index >= 15 is 0 Å². The molecule has 0 aromatic heterocycles. The minimum Gasteiger partial charge on any atom is -0.376 e. The Morgan fingerprint density at radius 3 is 2.23 bits per heavy atom. The van der Waals surface area contributed by atoms with Crippen LogP contribution in [0.25, 0.3) is 0 Å². The number of nitrogens with two attached hydrogens (primary N) is 1. The second-order valence-electron chi connectivity index (χ2n) is 5.18. The molecule has 0 fully saturated rings. The highest BCUT2D eigenvalue weighted by atomic mass is 32.1. The van der Waals surface area contributed by atoms with Gasteiger partial charge in [-0.25, -0.2) is 0 Å². The fourth-order valence-corrected chi connectivity index (χ4v) is 2.46. The van der Waals surface area contributed by atoms with Gasteiger partial charge in [-0.15, -0.1) is 0 Å². The highest BCUT2D eigenvalue weighted by Crippen LogP contribution is 2.25. The molecule has 0 aliphatic heterocycles. The molecule has 0 saturated heterocycles. The molecule has 0 unspecified atom stereocenters. The van der Waals surface area contributed by atoms with E-state index in [0.717, 1.165) is 28.1 Å². The van der Waals surface area contributed by atoms with Crippen LogP contribution in [-0.4, -0.2) is 11.0 Å². The Morgan fingerprint density at radius 2 is 1.68 bits per heavy atom. The molecule has 4 nitrogen and oxygen atoms in total. The summed E-state index contributed by atoms with van der Waals surface area (Å²) in [5.74, 6) is -0.0348. The van der Waals surface area contributed by atoms with Crippen molar-refractivity contribution in [3.05, 3.63) is 59.2 Å². The van der Waals surface area contributed by atoms with E-state index in [2.05, 4.69) is 10.6 Å². The van der Waals surface area contributed by atoms with Crippen molar-refractivity contribution in [2.75, 3.05) is 10.6 Å². The lowest BCUT2D eigenvalue weighted by Crippen LogP contribution is -2.20. The van der Waals surface area contributed by atoms with E-state index in [4.69, 9.17) is 18.0 Å². The first-order chi connectivity index (χ1) is 10.5. The van der Waals surface area contributed by atoms with E-state index in [1.165, 1.54) is 0 Å². The molecule has 0 aliphatic rings. The van der Waals surface area contributed by atoms with Crippen LogP contribution in [-0.2, 0) is 11.2 Å². The maximum Gasteiger partial charge on any atom is 0.228 e. The monoisotopic (exact) mass is 313 g/mol. The zero-order valence-corrected chi connectivity index (χ0v) is 13.5. The summed E-state index contributed by atoms with van der Waals surface area (Å²) in [5, 5.41) is 6.10. The number of nitrogens with one attached hydrogen (secondary N) is 2. The van der Waals surface area contributed by atoms with Gasteiger partial charge in [0.2, 0.25) is 5.91 Å². The molecule has 0 aliphatic carbocycles. The maximum absolute atomic E-state index is 12.2. The van der Waals surface area contributed by atoms with Gasteiger partial charge < -0.3 is 16.4 Å². The zero-order chi connectivity index (χ0) is 16.1. The molecule has 0 atom stereocenters. The number of aryl methyl sites for hydroxylation is 2. The van der Waals surface area contributed by atoms with E-state index in [0.29, 0.717) is 6.42 Å². The first-order valence-corrected chi connectivity index (χ1v) is 7.38. The van der Waals surface area contributed by atoms with Crippen molar-refractivity contribution in [2.45, 2.75) is 20.3 Å². The molecule has 0 heterocycles. The molecule has 0 radical (unpaired) electrons. The van der Waals surface area contributed by atoms with E-state index in [-0.39, 0.29) is 11.0 Å². The maximum atomic E-state index is 12.2. The Hall–Kier alpha value is -2.40. The normalized spacial score (nSPS) is 10.1. The molecule has 114 valence electrons. The highest BCUT2D eigenvalue weighted by molar-refractivity contribution is 7.80. The minimum absolute atomic E-state index is 0.0348. The van der Waals surface area contributed by atoms with Gasteiger partial charge in [-0.3, -0.25) is 4.79 Å². The number of hydrogen-bond donors (Lipinski definition) is 3. The van der Waals surface area contributed by atoms with Crippen LogP contribution < -0.4 is 16.4 Å². The predicted octanol–water partition coefficient (Wildman–Crippen LogP) is 3.14. The lowest BCUT2D eigenvalue weighted by molar-refractivity contribution is -0.115. The fraction of sp³-hybridized carbons (Fsp3) is 0.176. The summed E-state index contributed by atoms with van der Waals surface area (Å²) in [4.78, 5) is 12.2. The van der Waals surface area contributed by atoms with Gasteiger partial charge in [0.15, 0.2) is 5.11 Å².